The molecule has 0 radical (unpaired) electrons. The van der Waals surface area contributed by atoms with Crippen LogP contribution in [0.2, 0.25) is 0 Å². The molecular weight excluding hydrogens is 207 g/mol. The minimum Gasteiger partial charge on any atom is -0.472 e. The third-order valence-corrected chi connectivity index (χ3v) is 2.60. The molecule has 0 amide bonds. The van der Waals surface area contributed by atoms with Gasteiger partial charge in [-0.3, -0.25) is 0 Å². The number of rotatable bonds is 3. The number of hydrogen-bond acceptors (Lipinski definition) is 2. The lowest BCUT2D eigenvalue weighted by Crippen LogP contribution is -2.23. The maximum atomic E-state index is 12.7. The molecule has 0 spiro atoms. The molecule has 84 valence electrons. The van der Waals surface area contributed by atoms with E-state index in [9.17, 15) is 9.50 Å². The highest BCUT2D eigenvalue weighted by molar-refractivity contribution is 5.23. The summed E-state index contributed by atoms with van der Waals surface area (Å²) >= 11 is 0. The maximum Gasteiger partial charge on any atom is 0.123 e. The van der Waals surface area contributed by atoms with Gasteiger partial charge in [0.1, 0.15) is 5.82 Å². The van der Waals surface area contributed by atoms with E-state index in [0.717, 1.165) is 11.1 Å². The van der Waals surface area contributed by atoms with Crippen LogP contribution in [0, 0.1) is 5.82 Å². The van der Waals surface area contributed by atoms with Crippen LogP contribution in [0.15, 0.2) is 47.3 Å². The minimum absolute atomic E-state index is 0.272. The SMILES string of the molecule is CC(O)(Cc1ccc(F)cc1)c1ccoc1. The quantitative estimate of drug-likeness (QED) is 0.862. The number of benzene rings is 1. The van der Waals surface area contributed by atoms with Gasteiger partial charge in [-0.15, -0.1) is 0 Å². The monoisotopic (exact) mass is 220 g/mol. The van der Waals surface area contributed by atoms with Gasteiger partial charge in [0, 0.05) is 12.0 Å². The molecule has 0 aliphatic rings. The summed E-state index contributed by atoms with van der Waals surface area (Å²) < 4.78 is 17.7. The fourth-order valence-electron chi connectivity index (χ4n) is 1.67. The fourth-order valence-corrected chi connectivity index (χ4v) is 1.67. The first-order valence-electron chi connectivity index (χ1n) is 5.07. The summed E-state index contributed by atoms with van der Waals surface area (Å²) in [5.41, 5.74) is 0.606. The first-order chi connectivity index (χ1) is 7.58. The van der Waals surface area contributed by atoms with Crippen LogP contribution in [0.4, 0.5) is 4.39 Å². The van der Waals surface area contributed by atoms with Crippen molar-refractivity contribution in [1.82, 2.24) is 0 Å². The molecule has 0 aliphatic carbocycles. The molecule has 1 heterocycles. The normalized spacial score (nSPS) is 14.7. The highest BCUT2D eigenvalue weighted by atomic mass is 19.1. The molecule has 1 unspecified atom stereocenters. The Morgan fingerprint density at radius 2 is 1.94 bits per heavy atom. The molecule has 0 saturated heterocycles. The van der Waals surface area contributed by atoms with Crippen LogP contribution in [-0.4, -0.2) is 5.11 Å². The topological polar surface area (TPSA) is 33.4 Å². The van der Waals surface area contributed by atoms with Crippen molar-refractivity contribution in [3.05, 3.63) is 59.8 Å². The molecule has 16 heavy (non-hydrogen) atoms. The van der Waals surface area contributed by atoms with Gasteiger partial charge in [0.25, 0.3) is 0 Å². The van der Waals surface area contributed by atoms with Gasteiger partial charge >= 0.3 is 0 Å². The van der Waals surface area contributed by atoms with Crippen LogP contribution in [0.5, 0.6) is 0 Å². The van der Waals surface area contributed by atoms with Crippen molar-refractivity contribution in [3.63, 3.8) is 0 Å². The van der Waals surface area contributed by atoms with Crippen LogP contribution in [-0.2, 0) is 12.0 Å². The minimum atomic E-state index is -0.995. The molecule has 0 bridgehead atoms. The van der Waals surface area contributed by atoms with E-state index in [1.165, 1.54) is 24.7 Å². The molecule has 1 atom stereocenters. The molecule has 3 heteroatoms. The zero-order valence-electron chi connectivity index (χ0n) is 8.98. The highest BCUT2D eigenvalue weighted by Crippen LogP contribution is 2.25. The van der Waals surface area contributed by atoms with Gasteiger partial charge in [-0.05, 0) is 30.7 Å². The van der Waals surface area contributed by atoms with E-state index in [4.69, 9.17) is 4.42 Å². The molecule has 1 N–H and O–H groups in total. The summed E-state index contributed by atoms with van der Waals surface area (Å²) in [5, 5.41) is 10.2. The standard InChI is InChI=1S/C13H13FO2/c1-13(15,11-6-7-16-9-11)8-10-2-4-12(14)5-3-10/h2-7,9,15H,8H2,1H3. The third-order valence-electron chi connectivity index (χ3n) is 2.60. The fraction of sp³-hybridized carbons (Fsp3) is 0.231. The van der Waals surface area contributed by atoms with E-state index >= 15 is 0 Å². The van der Waals surface area contributed by atoms with Gasteiger partial charge in [-0.1, -0.05) is 12.1 Å². The zero-order valence-corrected chi connectivity index (χ0v) is 8.98. The summed E-state index contributed by atoms with van der Waals surface area (Å²) in [7, 11) is 0. The van der Waals surface area contributed by atoms with E-state index in [1.807, 2.05) is 0 Å². The second-order valence-electron chi connectivity index (χ2n) is 4.09. The predicted octanol–water partition coefficient (Wildman–Crippen LogP) is 2.87. The lowest BCUT2D eigenvalue weighted by Gasteiger charge is -2.21. The Hall–Kier alpha value is -1.61. The van der Waals surface area contributed by atoms with Crippen molar-refractivity contribution >= 4 is 0 Å². The van der Waals surface area contributed by atoms with Gasteiger partial charge in [0.15, 0.2) is 0 Å². The molecule has 1 aromatic carbocycles. The second-order valence-corrected chi connectivity index (χ2v) is 4.09. The van der Waals surface area contributed by atoms with Crippen LogP contribution < -0.4 is 0 Å². The Bertz CT molecular complexity index is 443. The van der Waals surface area contributed by atoms with Crippen LogP contribution in [0.1, 0.15) is 18.1 Å². The van der Waals surface area contributed by atoms with E-state index in [1.54, 1.807) is 25.1 Å². The second kappa shape index (κ2) is 4.10. The number of furan rings is 1. The molecular formula is C13H13FO2. The predicted molar refractivity (Wildman–Crippen MR) is 58.4 cm³/mol. The largest absolute Gasteiger partial charge is 0.472 e. The van der Waals surface area contributed by atoms with Gasteiger partial charge in [0.05, 0.1) is 18.1 Å². The summed E-state index contributed by atoms with van der Waals surface area (Å²) in [5.74, 6) is -0.272. The lowest BCUT2D eigenvalue weighted by atomic mass is 9.91. The van der Waals surface area contributed by atoms with Crippen molar-refractivity contribution in [3.8, 4) is 0 Å². The van der Waals surface area contributed by atoms with Crippen molar-refractivity contribution in [2.75, 3.05) is 0 Å². The van der Waals surface area contributed by atoms with E-state index in [0.29, 0.717) is 6.42 Å². The Labute approximate surface area is 93.3 Å². The Morgan fingerprint density at radius 3 is 2.50 bits per heavy atom. The smallest absolute Gasteiger partial charge is 0.123 e. The van der Waals surface area contributed by atoms with Crippen molar-refractivity contribution < 1.29 is 13.9 Å². The Kier molecular flexibility index (Phi) is 2.79. The molecule has 0 saturated carbocycles. The Balaban J connectivity index is 2.18. The number of halogens is 1. The van der Waals surface area contributed by atoms with Crippen LogP contribution in [0.3, 0.4) is 0 Å². The van der Waals surface area contributed by atoms with Gasteiger partial charge < -0.3 is 9.52 Å². The summed E-state index contributed by atoms with van der Waals surface area (Å²) in [6, 6.07) is 7.85. The molecule has 0 fully saturated rings. The summed E-state index contributed by atoms with van der Waals surface area (Å²) in [6.45, 7) is 1.71. The zero-order chi connectivity index (χ0) is 11.6. The van der Waals surface area contributed by atoms with E-state index < -0.39 is 5.60 Å². The molecule has 0 aliphatic heterocycles. The third kappa shape index (κ3) is 2.31. The molecule has 1 aromatic heterocycles. The van der Waals surface area contributed by atoms with E-state index in [-0.39, 0.29) is 5.82 Å². The van der Waals surface area contributed by atoms with Crippen molar-refractivity contribution in [2.45, 2.75) is 18.9 Å². The summed E-state index contributed by atoms with van der Waals surface area (Å²) in [6.07, 6.45) is 3.46. The van der Waals surface area contributed by atoms with Crippen LogP contribution >= 0.6 is 0 Å². The molecule has 2 rings (SSSR count). The molecule has 2 aromatic rings. The molecule has 2 nitrogen and oxygen atoms in total. The van der Waals surface area contributed by atoms with Gasteiger partial charge in [0.2, 0.25) is 0 Å². The highest BCUT2D eigenvalue weighted by Gasteiger charge is 2.24. The van der Waals surface area contributed by atoms with Crippen molar-refractivity contribution in [1.29, 1.82) is 0 Å². The first kappa shape index (κ1) is 10.9. The van der Waals surface area contributed by atoms with Gasteiger partial charge in [-0.2, -0.15) is 0 Å². The average Bonchev–Trinajstić information content (AvgIpc) is 2.75. The Morgan fingerprint density at radius 1 is 1.25 bits per heavy atom. The van der Waals surface area contributed by atoms with Crippen molar-refractivity contribution in [2.24, 2.45) is 0 Å². The van der Waals surface area contributed by atoms with E-state index in [2.05, 4.69) is 0 Å². The maximum absolute atomic E-state index is 12.7. The summed E-state index contributed by atoms with van der Waals surface area (Å²) in [4.78, 5) is 0. The number of hydrogen-bond donors (Lipinski definition) is 1. The van der Waals surface area contributed by atoms with Crippen LogP contribution in [0.25, 0.3) is 0 Å². The van der Waals surface area contributed by atoms with Gasteiger partial charge in [-0.25, -0.2) is 4.39 Å². The first-order valence-corrected chi connectivity index (χ1v) is 5.07. The average molecular weight is 220 g/mol. The number of aliphatic hydroxyl groups is 1. The lowest BCUT2D eigenvalue weighted by molar-refractivity contribution is 0.0570.